The first kappa shape index (κ1) is 49.6. The second-order valence-electron chi connectivity index (χ2n) is 15.5. The first-order chi connectivity index (χ1) is 25.0. The molecule has 0 saturated heterocycles. The zero-order chi connectivity index (χ0) is 37.5. The van der Waals surface area contributed by atoms with E-state index in [1.807, 2.05) is 0 Å². The van der Waals surface area contributed by atoms with Crippen molar-refractivity contribution in [2.24, 2.45) is 0 Å². The molecule has 0 aliphatic carbocycles. The highest BCUT2D eigenvalue weighted by atomic mass is 16.5. The third-order valence-electron chi connectivity index (χ3n) is 10.3. The van der Waals surface area contributed by atoms with Crippen LogP contribution in [0.2, 0.25) is 0 Å². The molecule has 3 N–H and O–H groups in total. The number of hydrogen-bond acceptors (Lipinski definition) is 5. The Bertz CT molecular complexity index is 772. The predicted molar refractivity (Wildman–Crippen MR) is 218 cm³/mol. The van der Waals surface area contributed by atoms with Crippen LogP contribution in [0, 0.1) is 0 Å². The summed E-state index contributed by atoms with van der Waals surface area (Å²) >= 11 is 0. The van der Waals surface area contributed by atoms with Crippen LogP contribution in [0.3, 0.4) is 0 Å². The highest BCUT2D eigenvalue weighted by Crippen LogP contribution is 2.17. The number of amides is 1. The standard InChI is InChI=1S/C45H87NO5/c1-4-7-10-13-16-18-19-20-21-22-23-24-26-29-32-35-38-45(50)51-41(36-33-30-27-15-12-9-6-3)39-44(49)46-42(40-47)43(48)37-34-31-28-25-17-14-11-8-5-2/h21-22,41-43,47-48H,4-20,23-40H2,1-3H3,(H,46,49)/b22-21+. The Kier molecular flexibility index (Phi) is 38.7. The molecule has 0 spiro atoms. The molecule has 0 aromatic carbocycles. The number of rotatable bonds is 40. The average Bonchev–Trinajstić information content (AvgIpc) is 3.12. The minimum Gasteiger partial charge on any atom is -0.462 e. The molecule has 0 rings (SSSR count). The number of esters is 1. The molecule has 3 atom stereocenters. The molecule has 0 aliphatic heterocycles. The van der Waals surface area contributed by atoms with Gasteiger partial charge in [0.2, 0.25) is 5.91 Å². The molecule has 0 radical (unpaired) electrons. The van der Waals surface area contributed by atoms with Gasteiger partial charge in [-0.3, -0.25) is 9.59 Å². The third kappa shape index (κ3) is 35.4. The minimum atomic E-state index is -0.779. The molecule has 1 amide bonds. The van der Waals surface area contributed by atoms with Gasteiger partial charge in [-0.2, -0.15) is 0 Å². The van der Waals surface area contributed by atoms with E-state index in [0.717, 1.165) is 57.8 Å². The number of unbranched alkanes of at least 4 members (excludes halogenated alkanes) is 26. The number of carbonyl (C=O) groups excluding carboxylic acids is 2. The van der Waals surface area contributed by atoms with E-state index < -0.39 is 18.2 Å². The quantitative estimate of drug-likeness (QED) is 0.0332. The van der Waals surface area contributed by atoms with Crippen molar-refractivity contribution in [3.63, 3.8) is 0 Å². The van der Waals surface area contributed by atoms with E-state index in [0.29, 0.717) is 19.3 Å². The zero-order valence-corrected chi connectivity index (χ0v) is 34.3. The van der Waals surface area contributed by atoms with Crippen LogP contribution in [0.15, 0.2) is 12.2 Å². The van der Waals surface area contributed by atoms with Gasteiger partial charge < -0.3 is 20.3 Å². The predicted octanol–water partition coefficient (Wildman–Crippen LogP) is 12.6. The molecular weight excluding hydrogens is 634 g/mol. The van der Waals surface area contributed by atoms with Crippen LogP contribution < -0.4 is 5.32 Å². The molecule has 6 nitrogen and oxygen atoms in total. The zero-order valence-electron chi connectivity index (χ0n) is 34.3. The number of hydrogen-bond donors (Lipinski definition) is 3. The van der Waals surface area contributed by atoms with Crippen molar-refractivity contribution < 1.29 is 24.5 Å². The molecule has 0 heterocycles. The number of ether oxygens (including phenoxy) is 1. The fourth-order valence-electron chi connectivity index (χ4n) is 6.89. The number of nitrogens with one attached hydrogen (secondary N) is 1. The van der Waals surface area contributed by atoms with Gasteiger partial charge in [0.15, 0.2) is 0 Å². The molecule has 0 bridgehead atoms. The highest BCUT2D eigenvalue weighted by molar-refractivity contribution is 5.77. The summed E-state index contributed by atoms with van der Waals surface area (Å²) in [6.07, 6.45) is 41.4. The topological polar surface area (TPSA) is 95.9 Å². The fraction of sp³-hybridized carbons (Fsp3) is 0.911. The summed E-state index contributed by atoms with van der Waals surface area (Å²) in [6.45, 7) is 6.42. The molecule has 51 heavy (non-hydrogen) atoms. The number of aliphatic hydroxyl groups is 2. The molecule has 0 aliphatic rings. The lowest BCUT2D eigenvalue weighted by atomic mass is 10.0. The maximum atomic E-state index is 13.0. The Morgan fingerprint density at radius 1 is 0.549 bits per heavy atom. The molecule has 0 fully saturated rings. The van der Waals surface area contributed by atoms with Crippen molar-refractivity contribution in [2.45, 2.75) is 257 Å². The van der Waals surface area contributed by atoms with E-state index in [1.54, 1.807) is 0 Å². The van der Waals surface area contributed by atoms with Crippen molar-refractivity contribution in [1.29, 1.82) is 0 Å². The van der Waals surface area contributed by atoms with Gasteiger partial charge >= 0.3 is 5.97 Å². The summed E-state index contributed by atoms with van der Waals surface area (Å²) < 4.78 is 5.87. The van der Waals surface area contributed by atoms with E-state index in [-0.39, 0.29) is 24.9 Å². The summed E-state index contributed by atoms with van der Waals surface area (Å²) in [7, 11) is 0. The van der Waals surface area contributed by atoms with Gasteiger partial charge in [0.1, 0.15) is 6.10 Å². The highest BCUT2D eigenvalue weighted by Gasteiger charge is 2.24. The second-order valence-corrected chi connectivity index (χ2v) is 15.5. The fourth-order valence-corrected chi connectivity index (χ4v) is 6.89. The third-order valence-corrected chi connectivity index (χ3v) is 10.3. The van der Waals surface area contributed by atoms with Crippen LogP contribution in [0.5, 0.6) is 0 Å². The molecule has 0 aromatic rings. The van der Waals surface area contributed by atoms with Gasteiger partial charge in [-0.05, 0) is 51.4 Å². The van der Waals surface area contributed by atoms with Crippen molar-refractivity contribution in [2.75, 3.05) is 6.61 Å². The van der Waals surface area contributed by atoms with E-state index in [2.05, 4.69) is 38.2 Å². The maximum Gasteiger partial charge on any atom is 0.306 e. The van der Waals surface area contributed by atoms with Gasteiger partial charge in [0.25, 0.3) is 0 Å². The minimum absolute atomic E-state index is 0.0787. The number of carbonyl (C=O) groups is 2. The van der Waals surface area contributed by atoms with E-state index in [1.165, 1.54) is 135 Å². The van der Waals surface area contributed by atoms with Crippen molar-refractivity contribution >= 4 is 11.9 Å². The molecule has 3 unspecified atom stereocenters. The van der Waals surface area contributed by atoms with Crippen LogP contribution in [-0.2, 0) is 14.3 Å². The number of allylic oxidation sites excluding steroid dienone is 2. The molecule has 0 aromatic heterocycles. The lowest BCUT2D eigenvalue weighted by Gasteiger charge is -2.24. The van der Waals surface area contributed by atoms with E-state index >= 15 is 0 Å². The summed E-state index contributed by atoms with van der Waals surface area (Å²) in [5.74, 6) is -0.481. The molecule has 0 saturated carbocycles. The lowest BCUT2D eigenvalue weighted by molar-refractivity contribution is -0.151. The van der Waals surface area contributed by atoms with Gasteiger partial charge in [-0.15, -0.1) is 0 Å². The maximum absolute atomic E-state index is 13.0. The van der Waals surface area contributed by atoms with Gasteiger partial charge in [0.05, 0.1) is 25.2 Å². The van der Waals surface area contributed by atoms with Crippen molar-refractivity contribution in [3.05, 3.63) is 12.2 Å². The van der Waals surface area contributed by atoms with Gasteiger partial charge in [-0.1, -0.05) is 187 Å². The van der Waals surface area contributed by atoms with Crippen LogP contribution in [0.25, 0.3) is 0 Å². The average molecular weight is 722 g/mol. The Labute approximate surface area is 317 Å². The number of aliphatic hydroxyl groups excluding tert-OH is 2. The summed E-state index contributed by atoms with van der Waals surface area (Å²) in [5.41, 5.74) is 0. The first-order valence-electron chi connectivity index (χ1n) is 22.4. The van der Waals surface area contributed by atoms with Crippen molar-refractivity contribution in [3.8, 4) is 0 Å². The van der Waals surface area contributed by atoms with E-state index in [9.17, 15) is 19.8 Å². The van der Waals surface area contributed by atoms with Gasteiger partial charge in [0, 0.05) is 6.42 Å². The Hall–Kier alpha value is -1.40. The van der Waals surface area contributed by atoms with Gasteiger partial charge in [-0.25, -0.2) is 0 Å². The van der Waals surface area contributed by atoms with Crippen LogP contribution in [0.4, 0.5) is 0 Å². The van der Waals surface area contributed by atoms with Crippen molar-refractivity contribution in [1.82, 2.24) is 5.32 Å². The Balaban J connectivity index is 4.41. The Morgan fingerprint density at radius 3 is 1.39 bits per heavy atom. The summed E-state index contributed by atoms with van der Waals surface area (Å²) in [5, 5.41) is 23.5. The second kappa shape index (κ2) is 39.8. The van der Waals surface area contributed by atoms with Crippen LogP contribution in [0.1, 0.15) is 239 Å². The summed E-state index contributed by atoms with van der Waals surface area (Å²) in [4.78, 5) is 25.8. The monoisotopic (exact) mass is 722 g/mol. The summed E-state index contributed by atoms with van der Waals surface area (Å²) in [6, 6.07) is -0.693. The van der Waals surface area contributed by atoms with Crippen LogP contribution >= 0.6 is 0 Å². The molecular formula is C45H87NO5. The lowest BCUT2D eigenvalue weighted by Crippen LogP contribution is -2.46. The van der Waals surface area contributed by atoms with E-state index in [4.69, 9.17) is 4.74 Å². The smallest absolute Gasteiger partial charge is 0.306 e. The Morgan fingerprint density at radius 2 is 0.941 bits per heavy atom. The first-order valence-corrected chi connectivity index (χ1v) is 22.4. The largest absolute Gasteiger partial charge is 0.462 e. The SMILES string of the molecule is CCCCCCCCC/C=C/CCCCCCCC(=O)OC(CCCCCCCCC)CC(=O)NC(CO)C(O)CCCCCCCCCCC. The normalized spacial score (nSPS) is 13.4. The molecule has 302 valence electrons. The molecule has 6 heteroatoms. The van der Waals surface area contributed by atoms with Crippen LogP contribution in [-0.4, -0.2) is 46.9 Å².